The number of aromatic nitrogens is 9. The number of hydrogen-bond donors (Lipinski definition) is 0. The Balaban J connectivity index is 1.60. The lowest BCUT2D eigenvalue weighted by atomic mass is 9.85. The second-order valence-corrected chi connectivity index (χ2v) is 9.29. The van der Waals surface area contributed by atoms with E-state index >= 15 is 0 Å². The van der Waals surface area contributed by atoms with Gasteiger partial charge in [-0.1, -0.05) is 12.8 Å². The highest BCUT2D eigenvalue weighted by Gasteiger charge is 2.51. The molecule has 1 saturated carbocycles. The molecule has 1 unspecified atom stereocenters. The third-order valence-electron chi connectivity index (χ3n) is 7.52. The van der Waals surface area contributed by atoms with Crippen LogP contribution in [0.1, 0.15) is 31.7 Å². The van der Waals surface area contributed by atoms with Crippen LogP contribution in [0.4, 0.5) is 0 Å². The number of nitriles is 1. The fraction of sp³-hybridized carbons (Fsp3) is 0.269. The molecule has 0 aromatic rings. The van der Waals surface area contributed by atoms with Gasteiger partial charge in [0.05, 0.1) is 60.3 Å². The molecular weight excluding hydrogens is 452 g/mol. The van der Waals surface area contributed by atoms with Gasteiger partial charge in [0.2, 0.25) is 5.66 Å². The summed E-state index contributed by atoms with van der Waals surface area (Å²) in [6.07, 6.45) is 25.9. The smallest absolute Gasteiger partial charge is 0.232 e. The molecule has 0 aromatic carbocycles. The maximum absolute atomic E-state index is 11.4. The molecule has 0 N–H and O–H groups in total. The Bertz CT molecular complexity index is 1530. The fourth-order valence-electron chi connectivity index (χ4n) is 6.02. The van der Waals surface area contributed by atoms with E-state index in [4.69, 9.17) is 0 Å². The normalized spacial score (nSPS) is 15.6. The van der Waals surface area contributed by atoms with Crippen molar-refractivity contribution in [2.75, 3.05) is 0 Å². The quantitative estimate of drug-likeness (QED) is 0.372. The standard InChI is InChI=1S/C26H22N10/c27-17-26(35-9-6-32-20-12-29-15-23(20)35,36-10-7-33-21-13-30-16-24(21)36)25(18-3-1-2-4-18)34-8-5-31-19-11-28-14-22(19)34/h5-16,18,25H,1-4H2. The summed E-state index contributed by atoms with van der Waals surface area (Å²) in [7, 11) is 0. The Morgan fingerprint density at radius 1 is 0.722 bits per heavy atom. The maximum atomic E-state index is 11.4. The minimum atomic E-state index is -1.24. The predicted octanol–water partition coefficient (Wildman–Crippen LogP) is 3.93. The molecule has 0 radical (unpaired) electrons. The van der Waals surface area contributed by atoms with Crippen LogP contribution in [-0.4, -0.2) is 43.6 Å². The zero-order valence-corrected chi connectivity index (χ0v) is 19.4. The van der Waals surface area contributed by atoms with Crippen LogP contribution < -0.4 is 0 Å². The zero-order valence-electron chi connectivity index (χ0n) is 19.4. The molecule has 0 aromatic heterocycles. The van der Waals surface area contributed by atoms with E-state index in [1.165, 1.54) is 0 Å². The molecule has 36 heavy (non-hydrogen) atoms. The lowest BCUT2D eigenvalue weighted by Crippen LogP contribution is -2.51. The van der Waals surface area contributed by atoms with Crippen molar-refractivity contribution in [3.63, 3.8) is 0 Å². The number of nitrogens with zero attached hydrogens (tertiary/aromatic N) is 10. The summed E-state index contributed by atoms with van der Waals surface area (Å²) >= 11 is 0. The van der Waals surface area contributed by atoms with Gasteiger partial charge in [-0.05, 0) is 18.8 Å². The summed E-state index contributed by atoms with van der Waals surface area (Å²) in [5.74, 6) is 0.229. The Morgan fingerprint density at radius 2 is 1.22 bits per heavy atom. The molecule has 0 spiro atoms. The van der Waals surface area contributed by atoms with E-state index in [9.17, 15) is 5.26 Å². The van der Waals surface area contributed by atoms with Crippen LogP contribution in [0.2, 0.25) is 0 Å². The van der Waals surface area contributed by atoms with Gasteiger partial charge in [-0.25, -0.2) is 0 Å². The summed E-state index contributed by atoms with van der Waals surface area (Å²) in [6.45, 7) is 0. The first-order valence-corrected chi connectivity index (χ1v) is 12.0. The van der Waals surface area contributed by atoms with Gasteiger partial charge in [0, 0.05) is 37.2 Å². The van der Waals surface area contributed by atoms with E-state index in [-0.39, 0.29) is 12.0 Å². The van der Waals surface area contributed by atoms with Crippen molar-refractivity contribution < 1.29 is 0 Å². The van der Waals surface area contributed by atoms with E-state index in [1.54, 1.807) is 49.6 Å². The molecule has 1 aliphatic carbocycles. The molecule has 10 heteroatoms. The van der Waals surface area contributed by atoms with Crippen molar-refractivity contribution in [3.8, 4) is 40.2 Å². The highest BCUT2D eigenvalue weighted by molar-refractivity contribution is 5.59. The molecule has 6 aliphatic heterocycles. The van der Waals surface area contributed by atoms with Gasteiger partial charge >= 0.3 is 0 Å². The molecule has 7 aliphatic rings. The minimum absolute atomic E-state index is 0.229. The molecule has 1 fully saturated rings. The molecule has 0 amide bonds. The van der Waals surface area contributed by atoms with Crippen molar-refractivity contribution in [2.45, 2.75) is 37.4 Å². The van der Waals surface area contributed by atoms with Crippen molar-refractivity contribution in [3.05, 3.63) is 74.4 Å². The third-order valence-corrected chi connectivity index (χ3v) is 7.52. The number of rotatable bonds is 5. The van der Waals surface area contributed by atoms with Crippen LogP contribution in [0, 0.1) is 17.2 Å². The Morgan fingerprint density at radius 3 is 1.78 bits per heavy atom. The van der Waals surface area contributed by atoms with E-state index in [0.29, 0.717) is 0 Å². The van der Waals surface area contributed by atoms with E-state index < -0.39 is 5.66 Å². The largest absolute Gasteiger partial charge is 0.335 e. The lowest BCUT2D eigenvalue weighted by Gasteiger charge is -2.45. The first-order valence-electron chi connectivity index (χ1n) is 12.0. The molecule has 0 saturated heterocycles. The van der Waals surface area contributed by atoms with Crippen LogP contribution in [0.15, 0.2) is 74.4 Å². The van der Waals surface area contributed by atoms with Gasteiger partial charge in [0.25, 0.3) is 0 Å². The van der Waals surface area contributed by atoms with Crippen LogP contribution in [-0.2, 0) is 5.66 Å². The second kappa shape index (κ2) is 7.95. The summed E-state index contributed by atoms with van der Waals surface area (Å²) in [6, 6.07) is 2.50. The SMILES string of the molecule is N#CC(C(C1CCCC1)n1ccnc2cncc1-2)(n1ccnc2cncc1-2)n1ccnc2cncc1-2. The fourth-order valence-corrected chi connectivity index (χ4v) is 6.02. The Kier molecular flexibility index (Phi) is 4.57. The summed E-state index contributed by atoms with van der Waals surface area (Å²) < 4.78 is 6.24. The topological polar surface area (TPSA) is 116 Å². The van der Waals surface area contributed by atoms with Gasteiger partial charge in [-0.3, -0.25) is 29.9 Å². The second-order valence-electron chi connectivity index (χ2n) is 9.29. The van der Waals surface area contributed by atoms with Gasteiger partial charge < -0.3 is 13.7 Å². The molecule has 7 rings (SSSR count). The highest BCUT2D eigenvalue weighted by atomic mass is 15.3. The molecular formula is C26H22N10. The van der Waals surface area contributed by atoms with E-state index in [1.807, 2.05) is 33.9 Å². The molecule has 10 nitrogen and oxygen atoms in total. The van der Waals surface area contributed by atoms with Crippen molar-refractivity contribution in [2.24, 2.45) is 5.92 Å². The van der Waals surface area contributed by atoms with Gasteiger partial charge in [-0.2, -0.15) is 5.26 Å². The van der Waals surface area contributed by atoms with E-state index in [0.717, 1.165) is 59.8 Å². The molecule has 0 bridgehead atoms. The molecule has 176 valence electrons. The van der Waals surface area contributed by atoms with Crippen LogP contribution >= 0.6 is 0 Å². The first kappa shape index (κ1) is 20.7. The lowest BCUT2D eigenvalue weighted by molar-refractivity contribution is 0.140. The van der Waals surface area contributed by atoms with Crippen LogP contribution in [0.25, 0.3) is 34.2 Å². The Labute approximate surface area is 207 Å². The molecule has 6 heterocycles. The zero-order chi connectivity index (χ0) is 24.1. The third kappa shape index (κ3) is 2.83. The summed E-state index contributed by atoms with van der Waals surface area (Å²) in [4.78, 5) is 26.7. The van der Waals surface area contributed by atoms with Crippen molar-refractivity contribution >= 4 is 0 Å². The van der Waals surface area contributed by atoms with Crippen molar-refractivity contribution in [1.29, 1.82) is 5.26 Å². The predicted molar refractivity (Wildman–Crippen MR) is 130 cm³/mol. The van der Waals surface area contributed by atoms with Crippen molar-refractivity contribution in [1.82, 2.24) is 43.6 Å². The average molecular weight is 475 g/mol. The number of fused-ring (bicyclic) bond motifs is 3. The maximum Gasteiger partial charge on any atom is 0.232 e. The van der Waals surface area contributed by atoms with Crippen LogP contribution in [0.3, 0.4) is 0 Å². The van der Waals surface area contributed by atoms with Gasteiger partial charge in [0.15, 0.2) is 0 Å². The Hall–Kier alpha value is -4.65. The van der Waals surface area contributed by atoms with Gasteiger partial charge in [0.1, 0.15) is 23.2 Å². The number of hydrogen-bond acceptors (Lipinski definition) is 7. The average Bonchev–Trinajstić information content (AvgIpc) is 3.73. The van der Waals surface area contributed by atoms with Crippen LogP contribution in [0.5, 0.6) is 0 Å². The monoisotopic (exact) mass is 474 g/mol. The minimum Gasteiger partial charge on any atom is -0.335 e. The van der Waals surface area contributed by atoms with Gasteiger partial charge in [-0.15, -0.1) is 0 Å². The highest BCUT2D eigenvalue weighted by Crippen LogP contribution is 2.48. The first-order chi connectivity index (χ1) is 17.8. The summed E-state index contributed by atoms with van der Waals surface area (Å²) in [5.41, 5.74) is 3.48. The molecule has 1 atom stereocenters. The van der Waals surface area contributed by atoms with E-state index in [2.05, 4.69) is 40.5 Å². The summed E-state index contributed by atoms with van der Waals surface area (Å²) in [5, 5.41) is 11.4.